The fourth-order valence-electron chi connectivity index (χ4n) is 2.29. The summed E-state index contributed by atoms with van der Waals surface area (Å²) in [5, 5.41) is 4.09. The highest BCUT2D eigenvalue weighted by atomic mass is 79.9. The summed E-state index contributed by atoms with van der Waals surface area (Å²) in [4.78, 5) is 12.0. The van der Waals surface area contributed by atoms with Crippen LogP contribution in [0.25, 0.3) is 0 Å². The fourth-order valence-corrected chi connectivity index (χ4v) is 3.05. The minimum atomic E-state index is 0.0797. The van der Waals surface area contributed by atoms with Crippen molar-refractivity contribution in [1.29, 1.82) is 0 Å². The number of rotatable bonds is 5. The zero-order valence-corrected chi connectivity index (χ0v) is 11.4. The van der Waals surface area contributed by atoms with Crippen molar-refractivity contribution in [3.8, 4) is 0 Å². The second-order valence-corrected chi connectivity index (χ2v) is 5.62. The summed E-state index contributed by atoms with van der Waals surface area (Å²) < 4.78 is 5.54. The monoisotopic (exact) mass is 289 g/mol. The molecule has 1 saturated carbocycles. The van der Waals surface area contributed by atoms with Gasteiger partial charge in [0, 0.05) is 18.5 Å². The lowest BCUT2D eigenvalue weighted by Gasteiger charge is -2.18. The summed E-state index contributed by atoms with van der Waals surface area (Å²) in [5.74, 6) is 0.271. The zero-order valence-electron chi connectivity index (χ0n) is 9.80. The first-order chi connectivity index (χ1) is 7.71. The van der Waals surface area contributed by atoms with E-state index in [0.717, 1.165) is 31.3 Å². The van der Waals surface area contributed by atoms with Gasteiger partial charge in [-0.15, -0.1) is 0 Å². The molecular weight excluding hydrogens is 270 g/mol. The number of nitrogens with one attached hydrogen (secondary N) is 1. The summed E-state index contributed by atoms with van der Waals surface area (Å²) in [6.45, 7) is 3.64. The Morgan fingerprint density at radius 3 is 2.88 bits per heavy atom. The Labute approximate surface area is 105 Å². The number of carbonyl (C=O) groups excluding carboxylic acids is 1. The maximum atomic E-state index is 12.0. The molecule has 4 heteroatoms. The zero-order chi connectivity index (χ0) is 11.6. The molecule has 0 aromatic rings. The lowest BCUT2D eigenvalue weighted by molar-refractivity contribution is -0.126. The van der Waals surface area contributed by atoms with Crippen LogP contribution in [-0.2, 0) is 9.53 Å². The molecule has 1 heterocycles. The van der Waals surface area contributed by atoms with E-state index < -0.39 is 0 Å². The Kier molecular flexibility index (Phi) is 3.90. The summed E-state index contributed by atoms with van der Waals surface area (Å²) >= 11 is 3.52. The Morgan fingerprint density at radius 2 is 2.31 bits per heavy atom. The molecule has 1 aliphatic carbocycles. The number of hydrogen-bond donors (Lipinski definition) is 1. The number of ether oxygens (including phenoxy) is 1. The first-order valence-electron chi connectivity index (χ1n) is 6.16. The van der Waals surface area contributed by atoms with Crippen molar-refractivity contribution in [3.63, 3.8) is 0 Å². The molecule has 1 aliphatic heterocycles. The summed E-state index contributed by atoms with van der Waals surface area (Å²) in [6.07, 6.45) is 4.42. The van der Waals surface area contributed by atoms with Crippen LogP contribution in [0.4, 0.5) is 0 Å². The SMILES string of the molecule is CCC1OCCC1C(=O)NCC1(CBr)CC1. The van der Waals surface area contributed by atoms with Gasteiger partial charge >= 0.3 is 0 Å². The molecule has 2 fully saturated rings. The van der Waals surface area contributed by atoms with Crippen LogP contribution < -0.4 is 5.32 Å². The first kappa shape index (κ1) is 12.4. The minimum absolute atomic E-state index is 0.0797. The molecule has 1 amide bonds. The van der Waals surface area contributed by atoms with Crippen LogP contribution in [0.15, 0.2) is 0 Å². The molecule has 16 heavy (non-hydrogen) atoms. The van der Waals surface area contributed by atoms with Crippen molar-refractivity contribution in [2.75, 3.05) is 18.5 Å². The van der Waals surface area contributed by atoms with Crippen LogP contribution >= 0.6 is 15.9 Å². The number of carbonyl (C=O) groups is 1. The smallest absolute Gasteiger partial charge is 0.225 e. The lowest BCUT2D eigenvalue weighted by atomic mass is 9.98. The maximum absolute atomic E-state index is 12.0. The fraction of sp³-hybridized carbons (Fsp3) is 0.917. The molecule has 0 bridgehead atoms. The topological polar surface area (TPSA) is 38.3 Å². The average molecular weight is 290 g/mol. The molecule has 2 aliphatic rings. The number of halogens is 1. The van der Waals surface area contributed by atoms with Crippen molar-refractivity contribution < 1.29 is 9.53 Å². The highest BCUT2D eigenvalue weighted by Crippen LogP contribution is 2.46. The van der Waals surface area contributed by atoms with Crippen LogP contribution in [-0.4, -0.2) is 30.5 Å². The third-order valence-electron chi connectivity index (χ3n) is 3.83. The molecule has 2 atom stereocenters. The second-order valence-electron chi connectivity index (χ2n) is 5.06. The third-order valence-corrected chi connectivity index (χ3v) is 5.02. The number of amides is 1. The number of alkyl halides is 1. The second kappa shape index (κ2) is 5.05. The molecule has 0 spiro atoms. The highest BCUT2D eigenvalue weighted by Gasteiger charge is 2.42. The molecule has 92 valence electrons. The van der Waals surface area contributed by atoms with Gasteiger partial charge in [0.25, 0.3) is 0 Å². The maximum Gasteiger partial charge on any atom is 0.225 e. The van der Waals surface area contributed by atoms with Gasteiger partial charge in [0.15, 0.2) is 0 Å². The normalized spacial score (nSPS) is 31.4. The van der Waals surface area contributed by atoms with Gasteiger partial charge < -0.3 is 10.1 Å². The van der Waals surface area contributed by atoms with Crippen molar-refractivity contribution in [1.82, 2.24) is 5.32 Å². The van der Waals surface area contributed by atoms with Gasteiger partial charge in [0.05, 0.1) is 12.0 Å². The number of hydrogen-bond acceptors (Lipinski definition) is 2. The molecule has 0 radical (unpaired) electrons. The highest BCUT2D eigenvalue weighted by molar-refractivity contribution is 9.09. The van der Waals surface area contributed by atoms with Gasteiger partial charge in [-0.3, -0.25) is 4.79 Å². The van der Waals surface area contributed by atoms with E-state index in [1.165, 1.54) is 12.8 Å². The summed E-state index contributed by atoms with van der Waals surface area (Å²) in [6, 6.07) is 0. The average Bonchev–Trinajstić information content (AvgIpc) is 2.94. The van der Waals surface area contributed by atoms with Crippen LogP contribution in [0.1, 0.15) is 32.6 Å². The Bertz CT molecular complexity index is 266. The Hall–Kier alpha value is -0.0900. The minimum Gasteiger partial charge on any atom is -0.377 e. The van der Waals surface area contributed by atoms with Gasteiger partial charge in [-0.2, -0.15) is 0 Å². The van der Waals surface area contributed by atoms with Gasteiger partial charge in [0.2, 0.25) is 5.91 Å². The molecule has 0 aromatic heterocycles. The van der Waals surface area contributed by atoms with E-state index in [1.54, 1.807) is 0 Å². The quantitative estimate of drug-likeness (QED) is 0.787. The predicted octanol–water partition coefficient (Wildman–Crippen LogP) is 2.09. The predicted molar refractivity (Wildman–Crippen MR) is 66.6 cm³/mol. The van der Waals surface area contributed by atoms with Crippen LogP contribution in [0.3, 0.4) is 0 Å². The first-order valence-corrected chi connectivity index (χ1v) is 7.28. The van der Waals surface area contributed by atoms with Gasteiger partial charge in [-0.05, 0) is 31.1 Å². The Morgan fingerprint density at radius 1 is 1.56 bits per heavy atom. The molecule has 1 saturated heterocycles. The molecule has 2 unspecified atom stereocenters. The van der Waals surface area contributed by atoms with Crippen molar-refractivity contribution in [2.24, 2.45) is 11.3 Å². The summed E-state index contributed by atoms with van der Waals surface area (Å²) in [7, 11) is 0. The van der Waals surface area contributed by atoms with E-state index in [9.17, 15) is 4.79 Å². The molecule has 1 N–H and O–H groups in total. The van der Waals surface area contributed by atoms with E-state index >= 15 is 0 Å². The van der Waals surface area contributed by atoms with Gasteiger partial charge in [0.1, 0.15) is 0 Å². The van der Waals surface area contributed by atoms with E-state index in [2.05, 4.69) is 28.2 Å². The van der Waals surface area contributed by atoms with Crippen molar-refractivity contribution >= 4 is 21.8 Å². The van der Waals surface area contributed by atoms with Crippen molar-refractivity contribution in [3.05, 3.63) is 0 Å². The third kappa shape index (κ3) is 2.59. The van der Waals surface area contributed by atoms with Gasteiger partial charge in [-0.25, -0.2) is 0 Å². The van der Waals surface area contributed by atoms with Crippen molar-refractivity contribution in [2.45, 2.75) is 38.7 Å². The Balaban J connectivity index is 1.79. The molecule has 2 rings (SSSR count). The van der Waals surface area contributed by atoms with Crippen LogP contribution in [0, 0.1) is 11.3 Å². The molecule has 3 nitrogen and oxygen atoms in total. The molecular formula is C12H20BrNO2. The lowest BCUT2D eigenvalue weighted by Crippen LogP contribution is -2.38. The van der Waals surface area contributed by atoms with Crippen LogP contribution in [0.2, 0.25) is 0 Å². The van der Waals surface area contributed by atoms with Gasteiger partial charge in [-0.1, -0.05) is 22.9 Å². The van der Waals surface area contributed by atoms with E-state index in [0.29, 0.717) is 5.41 Å². The van der Waals surface area contributed by atoms with E-state index in [1.807, 2.05) is 0 Å². The van der Waals surface area contributed by atoms with Crippen LogP contribution in [0.5, 0.6) is 0 Å². The standard InChI is InChI=1S/C12H20BrNO2/c1-2-10-9(3-6-16-10)11(15)14-8-12(7-13)4-5-12/h9-10H,2-8H2,1H3,(H,14,15). The van der Waals surface area contributed by atoms with E-state index in [4.69, 9.17) is 4.74 Å². The largest absolute Gasteiger partial charge is 0.377 e. The van der Waals surface area contributed by atoms with E-state index in [-0.39, 0.29) is 17.9 Å². The summed E-state index contributed by atoms with van der Waals surface area (Å²) in [5.41, 5.74) is 0.358. The molecule has 0 aromatic carbocycles.